The smallest absolute Gasteiger partial charge is 0.243 e. The number of nitrogens with one attached hydrogen (secondary N) is 1. The molecular formula is C23H30N2O3S. The van der Waals surface area contributed by atoms with Crippen molar-refractivity contribution >= 4 is 15.9 Å². The van der Waals surface area contributed by atoms with Gasteiger partial charge in [0.1, 0.15) is 0 Å². The van der Waals surface area contributed by atoms with Crippen molar-refractivity contribution in [3.05, 3.63) is 65.7 Å². The Bertz CT molecular complexity index is 924. The van der Waals surface area contributed by atoms with E-state index in [9.17, 15) is 13.2 Å². The Morgan fingerprint density at radius 2 is 1.72 bits per heavy atom. The number of benzene rings is 2. The lowest BCUT2D eigenvalue weighted by Gasteiger charge is -2.19. The molecule has 2 atom stereocenters. The van der Waals surface area contributed by atoms with E-state index in [1.54, 1.807) is 30.3 Å². The highest BCUT2D eigenvalue weighted by Crippen LogP contribution is 2.36. The van der Waals surface area contributed by atoms with Gasteiger partial charge < -0.3 is 5.32 Å². The highest BCUT2D eigenvalue weighted by molar-refractivity contribution is 7.89. The molecule has 2 aromatic rings. The highest BCUT2D eigenvalue weighted by atomic mass is 32.2. The van der Waals surface area contributed by atoms with Gasteiger partial charge >= 0.3 is 0 Å². The molecule has 6 heteroatoms. The molecule has 0 saturated carbocycles. The first-order chi connectivity index (χ1) is 13.8. The Kier molecular flexibility index (Phi) is 6.75. The number of nitrogens with zero attached hydrogens (tertiary/aromatic N) is 1. The molecule has 0 bridgehead atoms. The van der Waals surface area contributed by atoms with E-state index in [2.05, 4.69) is 19.2 Å². The Morgan fingerprint density at radius 3 is 2.34 bits per heavy atom. The molecule has 1 fully saturated rings. The number of rotatable bonds is 7. The Hall–Kier alpha value is -2.18. The zero-order valence-corrected chi connectivity index (χ0v) is 18.2. The molecule has 1 aliphatic heterocycles. The van der Waals surface area contributed by atoms with Crippen LogP contribution in [0.25, 0.3) is 0 Å². The van der Waals surface area contributed by atoms with Crippen LogP contribution in [0.3, 0.4) is 0 Å². The van der Waals surface area contributed by atoms with E-state index in [4.69, 9.17) is 0 Å². The average Bonchev–Trinajstić information content (AvgIpc) is 3.15. The summed E-state index contributed by atoms with van der Waals surface area (Å²) in [6.07, 6.45) is 0.902. The molecule has 1 saturated heterocycles. The first-order valence-electron chi connectivity index (χ1n) is 10.2. The molecule has 156 valence electrons. The van der Waals surface area contributed by atoms with Crippen molar-refractivity contribution in [1.82, 2.24) is 9.62 Å². The topological polar surface area (TPSA) is 66.5 Å². The maximum absolute atomic E-state index is 13.1. The molecular weight excluding hydrogens is 384 g/mol. The molecule has 1 amide bonds. The normalized spacial score (nSPS) is 20.1. The second-order valence-corrected chi connectivity index (χ2v) is 10.2. The summed E-state index contributed by atoms with van der Waals surface area (Å²) in [5.41, 5.74) is 2.14. The van der Waals surface area contributed by atoms with Crippen LogP contribution >= 0.6 is 0 Å². The van der Waals surface area contributed by atoms with E-state index in [0.717, 1.165) is 17.5 Å². The zero-order valence-electron chi connectivity index (χ0n) is 17.3. The number of carbonyl (C=O) groups is 1. The summed E-state index contributed by atoms with van der Waals surface area (Å²) in [7, 11) is -3.63. The fraction of sp³-hybridized carbons (Fsp3) is 0.435. The third kappa shape index (κ3) is 5.06. The minimum absolute atomic E-state index is 0.0676. The third-order valence-electron chi connectivity index (χ3n) is 5.53. The van der Waals surface area contributed by atoms with Crippen molar-refractivity contribution in [2.24, 2.45) is 11.8 Å². The van der Waals surface area contributed by atoms with Gasteiger partial charge in [-0.25, -0.2) is 8.42 Å². The van der Waals surface area contributed by atoms with Gasteiger partial charge in [0.25, 0.3) is 0 Å². The fourth-order valence-corrected chi connectivity index (χ4v) is 5.25. The van der Waals surface area contributed by atoms with Crippen LogP contribution in [0, 0.1) is 18.8 Å². The minimum Gasteiger partial charge on any atom is -0.356 e. The van der Waals surface area contributed by atoms with Crippen LogP contribution < -0.4 is 5.32 Å². The predicted octanol–water partition coefficient (Wildman–Crippen LogP) is 3.56. The van der Waals surface area contributed by atoms with Gasteiger partial charge in [0.2, 0.25) is 15.9 Å². The van der Waals surface area contributed by atoms with Crippen LogP contribution in [0.5, 0.6) is 0 Å². The molecule has 5 nitrogen and oxygen atoms in total. The zero-order chi connectivity index (χ0) is 21.0. The molecule has 2 aromatic carbocycles. The number of carbonyl (C=O) groups excluding carboxylic acids is 1. The number of sulfonamides is 1. The van der Waals surface area contributed by atoms with E-state index >= 15 is 0 Å². The number of aryl methyl sites for hydroxylation is 1. The quantitative estimate of drug-likeness (QED) is 0.753. The largest absolute Gasteiger partial charge is 0.356 e. The molecule has 0 unspecified atom stereocenters. The van der Waals surface area contributed by atoms with Crippen LogP contribution in [0.2, 0.25) is 0 Å². The Morgan fingerprint density at radius 1 is 1.07 bits per heavy atom. The fourth-order valence-electron chi connectivity index (χ4n) is 3.74. The van der Waals surface area contributed by atoms with Crippen LogP contribution in [0.15, 0.2) is 59.5 Å². The maximum Gasteiger partial charge on any atom is 0.243 e. The second-order valence-electron chi connectivity index (χ2n) is 8.23. The van der Waals surface area contributed by atoms with Gasteiger partial charge in [0.05, 0.1) is 10.8 Å². The first kappa shape index (κ1) is 21.5. The van der Waals surface area contributed by atoms with E-state index in [0.29, 0.717) is 19.0 Å². The van der Waals surface area contributed by atoms with E-state index in [1.165, 1.54) is 4.31 Å². The molecule has 1 N–H and O–H groups in total. The van der Waals surface area contributed by atoms with Crippen molar-refractivity contribution in [3.8, 4) is 0 Å². The van der Waals surface area contributed by atoms with Gasteiger partial charge in [0.15, 0.2) is 0 Å². The summed E-state index contributed by atoms with van der Waals surface area (Å²) in [5.74, 6) is -0.125. The maximum atomic E-state index is 13.1. The lowest BCUT2D eigenvalue weighted by Crippen LogP contribution is -2.36. The second kappa shape index (κ2) is 9.09. The summed E-state index contributed by atoms with van der Waals surface area (Å²) in [6.45, 7) is 7.36. The summed E-state index contributed by atoms with van der Waals surface area (Å²) >= 11 is 0. The monoisotopic (exact) mass is 414 g/mol. The lowest BCUT2D eigenvalue weighted by molar-refractivity contribution is -0.124. The van der Waals surface area contributed by atoms with E-state index < -0.39 is 15.9 Å². The molecule has 3 rings (SSSR count). The number of amides is 1. The Labute approximate surface area is 174 Å². The third-order valence-corrected chi connectivity index (χ3v) is 7.38. The molecule has 1 heterocycles. The van der Waals surface area contributed by atoms with Crippen molar-refractivity contribution < 1.29 is 13.2 Å². The predicted molar refractivity (Wildman–Crippen MR) is 115 cm³/mol. The summed E-state index contributed by atoms with van der Waals surface area (Å²) in [4.78, 5) is 13.2. The molecule has 0 aromatic heterocycles. The summed E-state index contributed by atoms with van der Waals surface area (Å²) in [6, 6.07) is 16.5. The van der Waals surface area contributed by atoms with Gasteiger partial charge in [-0.3, -0.25) is 4.79 Å². The van der Waals surface area contributed by atoms with Gasteiger partial charge in [0, 0.05) is 25.6 Å². The number of hydrogen-bond donors (Lipinski definition) is 1. The van der Waals surface area contributed by atoms with Gasteiger partial charge in [-0.1, -0.05) is 61.9 Å². The highest BCUT2D eigenvalue weighted by Gasteiger charge is 2.43. The van der Waals surface area contributed by atoms with Crippen molar-refractivity contribution in [2.45, 2.75) is 38.0 Å². The molecule has 1 aliphatic rings. The minimum atomic E-state index is -3.63. The van der Waals surface area contributed by atoms with Gasteiger partial charge in [-0.2, -0.15) is 4.31 Å². The van der Waals surface area contributed by atoms with Crippen LogP contribution in [0.1, 0.15) is 37.3 Å². The molecule has 0 spiro atoms. The Balaban J connectivity index is 1.85. The average molecular weight is 415 g/mol. The van der Waals surface area contributed by atoms with E-state index in [-0.39, 0.29) is 23.3 Å². The van der Waals surface area contributed by atoms with Gasteiger partial charge in [-0.05, 0) is 37.0 Å². The molecule has 0 aliphatic carbocycles. The van der Waals surface area contributed by atoms with Crippen LogP contribution in [0.4, 0.5) is 0 Å². The molecule has 29 heavy (non-hydrogen) atoms. The van der Waals surface area contributed by atoms with Gasteiger partial charge in [-0.15, -0.1) is 0 Å². The van der Waals surface area contributed by atoms with Crippen molar-refractivity contribution in [2.75, 3.05) is 19.6 Å². The van der Waals surface area contributed by atoms with E-state index in [1.807, 2.05) is 31.2 Å². The summed E-state index contributed by atoms with van der Waals surface area (Å²) < 4.78 is 27.7. The standard InChI is InChI=1S/C23H30N2O3S/c1-17(2)13-14-24-23(26)22-16-25(29(27,28)20-7-5-4-6-8-20)15-21(22)19-11-9-18(3)10-12-19/h4-12,17,21-22H,13-16H2,1-3H3,(H,24,26)/t21-,22+/m0/s1. The lowest BCUT2D eigenvalue weighted by atomic mass is 9.88. The SMILES string of the molecule is Cc1ccc([C@@H]2CN(S(=O)(=O)c3ccccc3)C[C@H]2C(=O)NCCC(C)C)cc1. The van der Waals surface area contributed by atoms with Crippen LogP contribution in [-0.4, -0.2) is 38.3 Å². The molecule has 0 radical (unpaired) electrons. The number of hydrogen-bond acceptors (Lipinski definition) is 3. The van der Waals surface area contributed by atoms with Crippen molar-refractivity contribution in [1.29, 1.82) is 0 Å². The van der Waals surface area contributed by atoms with Crippen LogP contribution in [-0.2, 0) is 14.8 Å². The summed E-state index contributed by atoms with van der Waals surface area (Å²) in [5, 5.41) is 3.02. The first-order valence-corrected chi connectivity index (χ1v) is 11.6. The van der Waals surface area contributed by atoms with Crippen molar-refractivity contribution in [3.63, 3.8) is 0 Å².